The van der Waals surface area contributed by atoms with Gasteiger partial charge in [-0.15, -0.1) is 0 Å². The van der Waals surface area contributed by atoms with Crippen LogP contribution in [0.25, 0.3) is 0 Å². The van der Waals surface area contributed by atoms with Crippen molar-refractivity contribution in [2.45, 2.75) is 32.7 Å². The van der Waals surface area contributed by atoms with Crippen molar-refractivity contribution in [1.82, 2.24) is 15.0 Å². The zero-order chi connectivity index (χ0) is 19.4. The Balaban J connectivity index is 1.42. The molecular weight excluding hydrogens is 364 g/mol. The molecule has 3 rings (SSSR count). The van der Waals surface area contributed by atoms with E-state index in [1.807, 2.05) is 12.1 Å². The number of anilines is 1. The fraction of sp³-hybridized carbons (Fsp3) is 0.500. The van der Waals surface area contributed by atoms with E-state index in [1.54, 1.807) is 6.07 Å². The summed E-state index contributed by atoms with van der Waals surface area (Å²) in [6, 6.07) is 9.76. The van der Waals surface area contributed by atoms with E-state index in [2.05, 4.69) is 53.2 Å². The maximum Gasteiger partial charge on any atom is 0.240 e. The van der Waals surface area contributed by atoms with Crippen LogP contribution in [-0.4, -0.2) is 53.6 Å². The number of hydrogen-bond acceptors (Lipinski definition) is 5. The van der Waals surface area contributed by atoms with Gasteiger partial charge in [-0.2, -0.15) is 0 Å². The molecule has 27 heavy (non-hydrogen) atoms. The molecule has 6 nitrogen and oxygen atoms in total. The van der Waals surface area contributed by atoms with Crippen LogP contribution in [-0.2, 0) is 16.8 Å². The highest BCUT2D eigenvalue weighted by atomic mass is 35.5. The van der Waals surface area contributed by atoms with Crippen molar-refractivity contribution >= 4 is 23.4 Å². The Morgan fingerprint density at radius 3 is 2.37 bits per heavy atom. The summed E-state index contributed by atoms with van der Waals surface area (Å²) in [5.74, 6) is 0.337. The summed E-state index contributed by atoms with van der Waals surface area (Å²) in [5.41, 5.74) is 1.98. The maximum absolute atomic E-state index is 12.3. The highest BCUT2D eigenvalue weighted by Crippen LogP contribution is 2.23. The maximum atomic E-state index is 12.3. The van der Waals surface area contributed by atoms with E-state index in [9.17, 15) is 4.79 Å². The molecule has 2 heterocycles. The third kappa shape index (κ3) is 5.79. The highest BCUT2D eigenvalue weighted by Gasteiger charge is 2.22. The SMILES string of the molecule is CC(C)(C)c1cc(NC(=O)CN2CCN(Cc3ccc(Cl)cc3)CC2)on1. The van der Waals surface area contributed by atoms with E-state index in [-0.39, 0.29) is 11.3 Å². The number of amides is 1. The van der Waals surface area contributed by atoms with Gasteiger partial charge in [-0.05, 0) is 17.7 Å². The smallest absolute Gasteiger partial charge is 0.240 e. The van der Waals surface area contributed by atoms with Gasteiger partial charge in [0.25, 0.3) is 0 Å². The average Bonchev–Trinajstić information content (AvgIpc) is 3.07. The van der Waals surface area contributed by atoms with E-state index in [1.165, 1.54) is 5.56 Å². The first kappa shape index (κ1) is 19.9. The molecule has 1 N–H and O–H groups in total. The molecule has 1 aliphatic rings. The predicted octanol–water partition coefficient (Wildman–Crippen LogP) is 3.38. The van der Waals surface area contributed by atoms with E-state index in [0.717, 1.165) is 43.4 Å². The van der Waals surface area contributed by atoms with Gasteiger partial charge in [0, 0.05) is 49.2 Å². The Kier molecular flexibility index (Phi) is 6.19. The molecule has 0 radical (unpaired) electrons. The van der Waals surface area contributed by atoms with Gasteiger partial charge in [0.15, 0.2) is 0 Å². The van der Waals surface area contributed by atoms with Gasteiger partial charge in [0.2, 0.25) is 11.8 Å². The van der Waals surface area contributed by atoms with Gasteiger partial charge in [-0.25, -0.2) is 0 Å². The van der Waals surface area contributed by atoms with E-state index < -0.39 is 0 Å². The van der Waals surface area contributed by atoms with Crippen LogP contribution in [0.2, 0.25) is 5.02 Å². The minimum Gasteiger partial charge on any atom is -0.338 e. The third-order valence-electron chi connectivity index (χ3n) is 4.69. The molecule has 1 aliphatic heterocycles. The van der Waals surface area contributed by atoms with Crippen LogP contribution in [0.3, 0.4) is 0 Å². The second-order valence-electron chi connectivity index (χ2n) is 8.05. The lowest BCUT2D eigenvalue weighted by Crippen LogP contribution is -2.48. The summed E-state index contributed by atoms with van der Waals surface area (Å²) in [4.78, 5) is 16.8. The van der Waals surface area contributed by atoms with Crippen LogP contribution in [0.15, 0.2) is 34.9 Å². The van der Waals surface area contributed by atoms with E-state index >= 15 is 0 Å². The van der Waals surface area contributed by atoms with Crippen LogP contribution in [0.4, 0.5) is 5.88 Å². The largest absolute Gasteiger partial charge is 0.338 e. The molecule has 0 saturated carbocycles. The van der Waals surface area contributed by atoms with Gasteiger partial charge in [0.05, 0.1) is 12.2 Å². The molecule has 2 aromatic rings. The lowest BCUT2D eigenvalue weighted by Gasteiger charge is -2.34. The zero-order valence-corrected chi connectivity index (χ0v) is 16.9. The molecule has 1 fully saturated rings. The zero-order valence-electron chi connectivity index (χ0n) is 16.2. The standard InChI is InChI=1S/C20H27ClN4O2/c1-20(2,3)17-12-19(27-23-17)22-18(26)14-25-10-8-24(9-11-25)13-15-4-6-16(21)7-5-15/h4-7,12H,8-11,13-14H2,1-3H3,(H,22,26). The van der Waals surface area contributed by atoms with Gasteiger partial charge >= 0.3 is 0 Å². The summed E-state index contributed by atoms with van der Waals surface area (Å²) in [6.07, 6.45) is 0. The number of aromatic nitrogens is 1. The molecular formula is C20H27ClN4O2. The molecule has 146 valence electrons. The van der Waals surface area contributed by atoms with Crippen LogP contribution >= 0.6 is 11.6 Å². The predicted molar refractivity (Wildman–Crippen MR) is 107 cm³/mol. The van der Waals surface area contributed by atoms with Crippen molar-refractivity contribution in [2.24, 2.45) is 0 Å². The number of nitrogens with one attached hydrogen (secondary N) is 1. The Labute approximate surface area is 165 Å². The summed E-state index contributed by atoms with van der Waals surface area (Å²) in [7, 11) is 0. The van der Waals surface area contributed by atoms with Gasteiger partial charge < -0.3 is 4.52 Å². The summed E-state index contributed by atoms with van der Waals surface area (Å²) in [6.45, 7) is 11.0. The van der Waals surface area contributed by atoms with Gasteiger partial charge in [0.1, 0.15) is 0 Å². The van der Waals surface area contributed by atoms with Crippen molar-refractivity contribution in [2.75, 3.05) is 38.0 Å². The van der Waals surface area contributed by atoms with Gasteiger partial charge in [-0.1, -0.05) is 49.7 Å². The van der Waals surface area contributed by atoms with E-state index in [4.69, 9.17) is 16.1 Å². The highest BCUT2D eigenvalue weighted by molar-refractivity contribution is 6.30. The lowest BCUT2D eigenvalue weighted by molar-refractivity contribution is -0.117. The minimum atomic E-state index is -0.104. The second kappa shape index (κ2) is 8.42. The molecule has 0 bridgehead atoms. The summed E-state index contributed by atoms with van der Waals surface area (Å²) in [5, 5.41) is 7.59. The molecule has 7 heteroatoms. The summed E-state index contributed by atoms with van der Waals surface area (Å²) < 4.78 is 5.22. The average molecular weight is 391 g/mol. The Morgan fingerprint density at radius 2 is 1.78 bits per heavy atom. The Bertz CT molecular complexity index is 759. The quantitative estimate of drug-likeness (QED) is 0.847. The number of piperazine rings is 1. The molecule has 0 atom stereocenters. The van der Waals surface area contributed by atoms with Crippen molar-refractivity contribution < 1.29 is 9.32 Å². The second-order valence-corrected chi connectivity index (χ2v) is 8.49. The molecule has 1 aromatic carbocycles. The molecule has 0 unspecified atom stereocenters. The van der Waals surface area contributed by atoms with Crippen LogP contribution in [0, 0.1) is 0 Å². The third-order valence-corrected chi connectivity index (χ3v) is 4.94. The monoisotopic (exact) mass is 390 g/mol. The molecule has 1 amide bonds. The van der Waals surface area contributed by atoms with E-state index in [0.29, 0.717) is 12.4 Å². The fourth-order valence-corrected chi connectivity index (χ4v) is 3.15. The molecule has 1 aromatic heterocycles. The van der Waals surface area contributed by atoms with Crippen LogP contribution < -0.4 is 5.32 Å². The first-order valence-corrected chi connectivity index (χ1v) is 9.63. The molecule has 0 aliphatic carbocycles. The fourth-order valence-electron chi connectivity index (χ4n) is 3.02. The molecule has 1 saturated heterocycles. The van der Waals surface area contributed by atoms with Crippen molar-refractivity contribution in [3.05, 3.63) is 46.6 Å². The van der Waals surface area contributed by atoms with Crippen molar-refractivity contribution in [1.29, 1.82) is 0 Å². The van der Waals surface area contributed by atoms with Crippen molar-refractivity contribution in [3.63, 3.8) is 0 Å². The normalized spacial score (nSPS) is 16.4. The van der Waals surface area contributed by atoms with Crippen molar-refractivity contribution in [3.8, 4) is 0 Å². The first-order valence-electron chi connectivity index (χ1n) is 9.26. The van der Waals surface area contributed by atoms with Crippen LogP contribution in [0.1, 0.15) is 32.0 Å². The Hall–Kier alpha value is -1.89. The first-order chi connectivity index (χ1) is 12.8. The topological polar surface area (TPSA) is 61.6 Å². The number of carbonyl (C=O) groups excluding carboxylic acids is 1. The number of benzene rings is 1. The van der Waals surface area contributed by atoms with Crippen LogP contribution in [0.5, 0.6) is 0 Å². The lowest BCUT2D eigenvalue weighted by atomic mass is 9.92. The molecule has 0 spiro atoms. The van der Waals surface area contributed by atoms with Gasteiger partial charge in [-0.3, -0.25) is 19.9 Å². The number of hydrogen-bond donors (Lipinski definition) is 1. The number of rotatable bonds is 5. The number of carbonyl (C=O) groups is 1. The minimum absolute atomic E-state index is 0.0715. The number of halogens is 1. The summed E-state index contributed by atoms with van der Waals surface area (Å²) >= 11 is 5.93. The Morgan fingerprint density at radius 1 is 1.15 bits per heavy atom. The number of nitrogens with zero attached hydrogens (tertiary/aromatic N) is 3.